The van der Waals surface area contributed by atoms with Crippen molar-refractivity contribution in [3.05, 3.63) is 0 Å². The molecule has 172 valence electrons. The van der Waals surface area contributed by atoms with Crippen LogP contribution in [0.5, 0.6) is 0 Å². The smallest absolute Gasteiger partial charge is 0.328 e. The molecule has 0 aromatic heterocycles. The van der Waals surface area contributed by atoms with Crippen LogP contribution in [0.3, 0.4) is 0 Å². The van der Waals surface area contributed by atoms with E-state index in [2.05, 4.69) is 16.0 Å². The van der Waals surface area contributed by atoms with E-state index in [1.54, 1.807) is 13.8 Å². The lowest BCUT2D eigenvalue weighted by molar-refractivity contribution is -0.143. The van der Waals surface area contributed by atoms with E-state index < -0.39 is 78.9 Å². The number of nitrogens with one attached hydrogen (secondary N) is 3. The molecule has 0 aromatic carbocycles. The molecule has 0 saturated heterocycles. The SMILES string of the molecule is CC(C)C(NC(=O)C(CCC(=O)O)NC(=O)C(N)C(C)O)C(=O)NC(CO)C(=O)O. The zero-order valence-electron chi connectivity index (χ0n) is 17.0. The number of amides is 3. The molecular formula is C17H30N4O9. The number of carboxylic acids is 2. The van der Waals surface area contributed by atoms with Gasteiger partial charge in [0.2, 0.25) is 17.7 Å². The molecule has 0 aliphatic heterocycles. The molecule has 0 spiro atoms. The fourth-order valence-electron chi connectivity index (χ4n) is 2.26. The molecule has 0 radical (unpaired) electrons. The largest absolute Gasteiger partial charge is 0.481 e. The number of aliphatic carboxylic acids is 2. The van der Waals surface area contributed by atoms with E-state index in [1.807, 2.05) is 0 Å². The molecule has 13 heteroatoms. The first-order valence-corrected chi connectivity index (χ1v) is 9.22. The summed E-state index contributed by atoms with van der Waals surface area (Å²) in [6.07, 6.45) is -2.03. The Morgan fingerprint density at radius 2 is 1.40 bits per heavy atom. The molecule has 3 amide bonds. The average molecular weight is 434 g/mol. The second kappa shape index (κ2) is 12.7. The topological polar surface area (TPSA) is 228 Å². The highest BCUT2D eigenvalue weighted by Gasteiger charge is 2.32. The molecule has 5 unspecified atom stereocenters. The normalized spacial score (nSPS) is 16.0. The zero-order chi connectivity index (χ0) is 23.6. The second-order valence-corrected chi connectivity index (χ2v) is 7.07. The van der Waals surface area contributed by atoms with Gasteiger partial charge in [-0.15, -0.1) is 0 Å². The molecule has 0 bridgehead atoms. The van der Waals surface area contributed by atoms with Crippen LogP contribution in [-0.4, -0.2) is 87.0 Å². The third-order valence-corrected chi connectivity index (χ3v) is 4.15. The number of carbonyl (C=O) groups excluding carboxylic acids is 3. The number of carbonyl (C=O) groups is 5. The summed E-state index contributed by atoms with van der Waals surface area (Å²) in [5, 5.41) is 42.9. The second-order valence-electron chi connectivity index (χ2n) is 7.07. The van der Waals surface area contributed by atoms with E-state index in [-0.39, 0.29) is 6.42 Å². The standard InChI is InChI=1S/C17H30N4O9/c1-7(2)13(16(28)20-10(6-22)17(29)30)21-14(26)9(4-5-11(24)25)19-15(27)12(18)8(3)23/h7-10,12-13,22-23H,4-6,18H2,1-3H3,(H,19,27)(H,20,28)(H,21,26)(H,24,25)(H,29,30). The molecule has 13 nitrogen and oxygen atoms in total. The van der Waals surface area contributed by atoms with E-state index in [1.165, 1.54) is 6.92 Å². The predicted octanol–water partition coefficient (Wildman–Crippen LogP) is -3.25. The highest BCUT2D eigenvalue weighted by atomic mass is 16.4. The molecule has 0 aliphatic rings. The minimum atomic E-state index is -1.58. The van der Waals surface area contributed by atoms with Gasteiger partial charge in [0.15, 0.2) is 0 Å². The molecule has 0 aliphatic carbocycles. The minimum absolute atomic E-state index is 0.319. The fraction of sp³-hybridized carbons (Fsp3) is 0.706. The first-order valence-electron chi connectivity index (χ1n) is 9.22. The average Bonchev–Trinajstić information content (AvgIpc) is 2.65. The first-order chi connectivity index (χ1) is 13.8. The van der Waals surface area contributed by atoms with Crippen LogP contribution >= 0.6 is 0 Å². The van der Waals surface area contributed by atoms with Gasteiger partial charge in [-0.05, 0) is 19.3 Å². The Balaban J connectivity index is 5.41. The lowest BCUT2D eigenvalue weighted by Gasteiger charge is -2.27. The van der Waals surface area contributed by atoms with Crippen LogP contribution in [0.25, 0.3) is 0 Å². The van der Waals surface area contributed by atoms with E-state index in [9.17, 15) is 29.1 Å². The van der Waals surface area contributed by atoms with Gasteiger partial charge in [0.25, 0.3) is 0 Å². The van der Waals surface area contributed by atoms with E-state index >= 15 is 0 Å². The lowest BCUT2D eigenvalue weighted by atomic mass is 10.0. The number of aliphatic hydroxyl groups excluding tert-OH is 2. The van der Waals surface area contributed by atoms with Crippen molar-refractivity contribution in [2.24, 2.45) is 11.7 Å². The van der Waals surface area contributed by atoms with Crippen molar-refractivity contribution in [3.63, 3.8) is 0 Å². The fourth-order valence-corrected chi connectivity index (χ4v) is 2.26. The molecule has 0 rings (SSSR count). The molecule has 5 atom stereocenters. The summed E-state index contributed by atoms with van der Waals surface area (Å²) >= 11 is 0. The Kier molecular flexibility index (Phi) is 11.5. The van der Waals surface area contributed by atoms with Gasteiger partial charge < -0.3 is 42.1 Å². The molecule has 9 N–H and O–H groups in total. The molecule has 0 heterocycles. The highest BCUT2D eigenvalue weighted by molar-refractivity contribution is 5.94. The maximum atomic E-state index is 12.6. The Bertz CT molecular complexity index is 639. The summed E-state index contributed by atoms with van der Waals surface area (Å²) in [5.74, 6) is -5.90. The van der Waals surface area contributed by atoms with Gasteiger partial charge in [0.05, 0.1) is 12.7 Å². The van der Waals surface area contributed by atoms with Gasteiger partial charge in [-0.1, -0.05) is 13.8 Å². The van der Waals surface area contributed by atoms with Gasteiger partial charge in [-0.25, -0.2) is 4.79 Å². The number of hydrogen-bond donors (Lipinski definition) is 8. The maximum absolute atomic E-state index is 12.6. The van der Waals surface area contributed by atoms with Crippen LogP contribution in [-0.2, 0) is 24.0 Å². The summed E-state index contributed by atoms with van der Waals surface area (Å²) < 4.78 is 0. The summed E-state index contributed by atoms with van der Waals surface area (Å²) in [6.45, 7) is 3.52. The summed E-state index contributed by atoms with van der Waals surface area (Å²) in [6, 6.07) is -5.56. The predicted molar refractivity (Wildman–Crippen MR) is 102 cm³/mol. The van der Waals surface area contributed by atoms with E-state index in [0.29, 0.717) is 0 Å². The van der Waals surface area contributed by atoms with Gasteiger partial charge in [-0.3, -0.25) is 19.2 Å². The summed E-state index contributed by atoms with van der Waals surface area (Å²) in [7, 11) is 0. The third-order valence-electron chi connectivity index (χ3n) is 4.15. The van der Waals surface area contributed by atoms with Crippen LogP contribution in [0.2, 0.25) is 0 Å². The van der Waals surface area contributed by atoms with Gasteiger partial charge >= 0.3 is 11.9 Å². The quantitative estimate of drug-likeness (QED) is 0.144. The number of rotatable bonds is 13. The Morgan fingerprint density at radius 1 is 0.867 bits per heavy atom. The van der Waals surface area contributed by atoms with Crippen molar-refractivity contribution in [1.82, 2.24) is 16.0 Å². The van der Waals surface area contributed by atoms with Crippen LogP contribution in [0.1, 0.15) is 33.6 Å². The van der Waals surface area contributed by atoms with Crippen molar-refractivity contribution < 1.29 is 44.4 Å². The zero-order valence-corrected chi connectivity index (χ0v) is 17.0. The van der Waals surface area contributed by atoms with Crippen LogP contribution in [0.4, 0.5) is 0 Å². The number of nitrogens with two attached hydrogens (primary N) is 1. The molecular weight excluding hydrogens is 404 g/mol. The molecule has 0 saturated carbocycles. The summed E-state index contributed by atoms with van der Waals surface area (Å²) in [4.78, 5) is 58.9. The van der Waals surface area contributed by atoms with Gasteiger partial charge in [0.1, 0.15) is 24.2 Å². The molecule has 0 aromatic rings. The van der Waals surface area contributed by atoms with Crippen LogP contribution in [0.15, 0.2) is 0 Å². The van der Waals surface area contributed by atoms with Crippen LogP contribution < -0.4 is 21.7 Å². The third kappa shape index (κ3) is 9.15. The Morgan fingerprint density at radius 3 is 1.80 bits per heavy atom. The Hall–Kier alpha value is -2.77. The number of hydrogen-bond acceptors (Lipinski definition) is 8. The summed E-state index contributed by atoms with van der Waals surface area (Å²) in [5.41, 5.74) is 5.51. The van der Waals surface area contributed by atoms with E-state index in [4.69, 9.17) is 21.1 Å². The van der Waals surface area contributed by atoms with Crippen molar-refractivity contribution >= 4 is 29.7 Å². The maximum Gasteiger partial charge on any atom is 0.328 e. The van der Waals surface area contributed by atoms with Gasteiger partial charge in [-0.2, -0.15) is 0 Å². The van der Waals surface area contributed by atoms with Crippen LogP contribution in [0, 0.1) is 5.92 Å². The minimum Gasteiger partial charge on any atom is -0.481 e. The highest BCUT2D eigenvalue weighted by Crippen LogP contribution is 2.06. The van der Waals surface area contributed by atoms with Gasteiger partial charge in [0, 0.05) is 6.42 Å². The molecule has 30 heavy (non-hydrogen) atoms. The van der Waals surface area contributed by atoms with Crippen molar-refractivity contribution in [3.8, 4) is 0 Å². The monoisotopic (exact) mass is 434 g/mol. The number of carboxylic acid groups (broad SMARTS) is 2. The van der Waals surface area contributed by atoms with E-state index in [0.717, 1.165) is 0 Å². The number of aliphatic hydroxyl groups is 2. The van der Waals surface area contributed by atoms with Crippen molar-refractivity contribution in [1.29, 1.82) is 0 Å². The van der Waals surface area contributed by atoms with Crippen molar-refractivity contribution in [2.45, 2.75) is 63.9 Å². The lowest BCUT2D eigenvalue weighted by Crippen LogP contribution is -2.59. The molecule has 0 fully saturated rings. The van der Waals surface area contributed by atoms with Crippen molar-refractivity contribution in [2.75, 3.05) is 6.61 Å². The Labute approximate surface area is 173 Å². The first kappa shape index (κ1) is 27.2.